The van der Waals surface area contributed by atoms with Gasteiger partial charge in [0, 0.05) is 0 Å². The third-order valence-electron chi connectivity index (χ3n) is 0.234. The number of nitrogens with one attached hydrogen (secondary N) is 1. The van der Waals surface area contributed by atoms with E-state index >= 15 is 0 Å². The molecule has 0 bridgehead atoms. The normalized spacial score (nSPS) is 10.9. The van der Waals surface area contributed by atoms with E-state index in [0.717, 1.165) is 0 Å². The SMILES string of the molecule is O=P(O)(O)NC(=S)Cl. The molecule has 3 N–H and O–H groups in total. The van der Waals surface area contributed by atoms with Gasteiger partial charge in [0.2, 0.25) is 0 Å². The second-order valence-corrected chi connectivity index (χ2v) is 3.25. The average Bonchev–Trinajstić information content (AvgIpc) is 1.21. The summed E-state index contributed by atoms with van der Waals surface area (Å²) >= 11 is 9.00. The fourth-order valence-corrected chi connectivity index (χ4v) is 1.03. The number of rotatable bonds is 1. The molecule has 0 aliphatic heterocycles. The van der Waals surface area contributed by atoms with Gasteiger partial charge in [-0.3, -0.25) is 5.09 Å². The highest BCUT2D eigenvalue weighted by Gasteiger charge is 2.11. The first-order valence-electron chi connectivity index (χ1n) is 1.45. The van der Waals surface area contributed by atoms with E-state index in [-0.39, 0.29) is 0 Å². The summed E-state index contributed by atoms with van der Waals surface area (Å²) in [7, 11) is -4.24. The van der Waals surface area contributed by atoms with Gasteiger partial charge >= 0.3 is 7.75 Å². The van der Waals surface area contributed by atoms with Crippen LogP contribution >= 0.6 is 31.6 Å². The zero-order valence-electron chi connectivity index (χ0n) is 3.54. The van der Waals surface area contributed by atoms with Crippen LogP contribution in [0.2, 0.25) is 0 Å². The Labute approximate surface area is 56.1 Å². The topological polar surface area (TPSA) is 69.6 Å². The van der Waals surface area contributed by atoms with Crippen molar-refractivity contribution in [1.29, 1.82) is 0 Å². The van der Waals surface area contributed by atoms with Crippen molar-refractivity contribution in [1.82, 2.24) is 5.09 Å². The van der Waals surface area contributed by atoms with Crippen LogP contribution in [0.3, 0.4) is 0 Å². The van der Waals surface area contributed by atoms with Gasteiger partial charge in [0.1, 0.15) is 0 Å². The Bertz CT molecular complexity index is 142. The molecule has 0 amide bonds. The summed E-state index contributed by atoms with van der Waals surface area (Å²) in [6.45, 7) is 0. The molecule has 0 fully saturated rings. The lowest BCUT2D eigenvalue weighted by Crippen LogP contribution is -2.10. The van der Waals surface area contributed by atoms with Crippen LogP contribution in [0.5, 0.6) is 0 Å². The monoisotopic (exact) mass is 175 g/mol. The molecule has 8 heavy (non-hydrogen) atoms. The van der Waals surface area contributed by atoms with Crippen LogP contribution in [0, 0.1) is 0 Å². The van der Waals surface area contributed by atoms with Gasteiger partial charge in [-0.25, -0.2) is 4.57 Å². The molecule has 0 aromatic heterocycles. The molecule has 0 aromatic rings. The predicted octanol–water partition coefficient (Wildman–Crippen LogP) is 0.192. The van der Waals surface area contributed by atoms with Crippen molar-refractivity contribution >= 4 is 36.0 Å². The minimum absolute atomic E-state index is 0.432. The molecule has 0 aliphatic rings. The van der Waals surface area contributed by atoms with Crippen LogP contribution in [-0.4, -0.2) is 14.2 Å². The predicted molar refractivity (Wildman–Crippen MR) is 33.6 cm³/mol. The lowest BCUT2D eigenvalue weighted by Gasteiger charge is -2.00. The minimum atomic E-state index is -4.24. The summed E-state index contributed by atoms with van der Waals surface area (Å²) in [6.07, 6.45) is 0. The molecule has 4 nitrogen and oxygen atoms in total. The van der Waals surface area contributed by atoms with Gasteiger partial charge in [0.25, 0.3) is 0 Å². The quantitative estimate of drug-likeness (QED) is 0.230. The van der Waals surface area contributed by atoms with Crippen molar-refractivity contribution in [3.8, 4) is 0 Å². The average molecular weight is 176 g/mol. The van der Waals surface area contributed by atoms with Crippen molar-refractivity contribution in [3.63, 3.8) is 0 Å². The largest absolute Gasteiger partial charge is 0.428 e. The summed E-state index contributed by atoms with van der Waals surface area (Å²) in [5.74, 6) is 0. The van der Waals surface area contributed by atoms with Crippen molar-refractivity contribution in [2.45, 2.75) is 0 Å². The lowest BCUT2D eigenvalue weighted by atomic mass is 11.5. The first-order chi connectivity index (χ1) is 3.42. The number of thiocarbonyl (C=S) groups is 1. The molecule has 0 rings (SSSR count). The van der Waals surface area contributed by atoms with E-state index in [0.29, 0.717) is 0 Å². The third-order valence-corrected chi connectivity index (χ3v) is 1.23. The summed E-state index contributed by atoms with van der Waals surface area (Å²) in [4.78, 5) is 16.0. The Hall–Kier alpha value is 0.330. The highest BCUT2D eigenvalue weighted by Crippen LogP contribution is 2.28. The van der Waals surface area contributed by atoms with E-state index in [9.17, 15) is 4.57 Å². The lowest BCUT2D eigenvalue weighted by molar-refractivity contribution is 0.368. The van der Waals surface area contributed by atoms with Crippen LogP contribution in [0.1, 0.15) is 0 Å². The molecule has 0 aromatic carbocycles. The van der Waals surface area contributed by atoms with E-state index in [1.807, 2.05) is 0 Å². The Morgan fingerprint density at radius 3 is 2.12 bits per heavy atom. The van der Waals surface area contributed by atoms with Gasteiger partial charge in [0.05, 0.1) is 0 Å². The summed E-state index contributed by atoms with van der Waals surface area (Å²) in [6, 6.07) is 0. The van der Waals surface area contributed by atoms with Crippen molar-refractivity contribution in [2.75, 3.05) is 0 Å². The van der Waals surface area contributed by atoms with Gasteiger partial charge in [-0.15, -0.1) is 0 Å². The molecular weight excluding hydrogens is 173 g/mol. The number of halogens is 1. The third kappa shape index (κ3) is 6.33. The molecule has 0 aliphatic carbocycles. The van der Waals surface area contributed by atoms with Crippen LogP contribution in [-0.2, 0) is 4.57 Å². The molecule has 0 saturated heterocycles. The van der Waals surface area contributed by atoms with E-state index < -0.39 is 12.2 Å². The van der Waals surface area contributed by atoms with Gasteiger partial charge < -0.3 is 9.79 Å². The fraction of sp³-hybridized carbons (Fsp3) is 0. The molecule has 0 unspecified atom stereocenters. The van der Waals surface area contributed by atoms with Crippen LogP contribution in [0.25, 0.3) is 0 Å². The standard InChI is InChI=1S/CH3ClNO3PS/c2-1(8)3-7(4,5)6/h(H3,3,4,5,6,8). The zero-order chi connectivity index (χ0) is 6.78. The molecule has 0 atom stereocenters. The first-order valence-corrected chi connectivity index (χ1v) is 3.85. The van der Waals surface area contributed by atoms with Crippen LogP contribution in [0.15, 0.2) is 0 Å². The Kier molecular flexibility index (Phi) is 2.87. The first kappa shape index (κ1) is 8.33. The van der Waals surface area contributed by atoms with E-state index in [2.05, 4.69) is 12.2 Å². The highest BCUT2D eigenvalue weighted by atomic mass is 35.5. The summed E-state index contributed by atoms with van der Waals surface area (Å²) in [5.41, 5.74) is 0. The highest BCUT2D eigenvalue weighted by molar-refractivity contribution is 7.83. The Morgan fingerprint density at radius 1 is 1.75 bits per heavy atom. The van der Waals surface area contributed by atoms with Crippen LogP contribution < -0.4 is 5.09 Å². The molecular formula is CH3ClNO3PS. The molecule has 0 saturated carbocycles. The Morgan fingerprint density at radius 2 is 2.12 bits per heavy atom. The summed E-state index contributed by atoms with van der Waals surface area (Å²) < 4.78 is 9.42. The maximum Gasteiger partial charge on any atom is 0.428 e. The number of hydrogen-bond donors (Lipinski definition) is 3. The maximum atomic E-state index is 9.85. The van der Waals surface area contributed by atoms with E-state index in [1.165, 1.54) is 0 Å². The van der Waals surface area contributed by atoms with Crippen molar-refractivity contribution in [2.24, 2.45) is 0 Å². The van der Waals surface area contributed by atoms with E-state index in [4.69, 9.17) is 21.4 Å². The molecule has 48 valence electrons. The maximum absolute atomic E-state index is 9.85. The molecule has 0 spiro atoms. The van der Waals surface area contributed by atoms with Gasteiger partial charge in [-0.05, 0) is 12.2 Å². The smallest absolute Gasteiger partial charge is 0.308 e. The summed E-state index contributed by atoms with van der Waals surface area (Å²) in [5, 5.41) is 1.55. The Balaban J connectivity index is 3.74. The van der Waals surface area contributed by atoms with Crippen molar-refractivity contribution in [3.05, 3.63) is 0 Å². The number of hydrogen-bond acceptors (Lipinski definition) is 2. The van der Waals surface area contributed by atoms with Gasteiger partial charge in [-0.1, -0.05) is 11.6 Å². The van der Waals surface area contributed by atoms with Crippen molar-refractivity contribution < 1.29 is 14.4 Å². The second-order valence-electron chi connectivity index (χ2n) is 0.930. The van der Waals surface area contributed by atoms with Crippen LogP contribution in [0.4, 0.5) is 0 Å². The van der Waals surface area contributed by atoms with Gasteiger partial charge in [0.15, 0.2) is 4.45 Å². The second kappa shape index (κ2) is 2.75. The molecule has 0 radical (unpaired) electrons. The zero-order valence-corrected chi connectivity index (χ0v) is 6.00. The van der Waals surface area contributed by atoms with E-state index in [1.54, 1.807) is 5.09 Å². The molecule has 7 heteroatoms. The molecule has 0 heterocycles. The fourth-order valence-electron chi connectivity index (χ4n) is 0.115. The minimum Gasteiger partial charge on any atom is -0.308 e. The van der Waals surface area contributed by atoms with Gasteiger partial charge in [-0.2, -0.15) is 0 Å².